The van der Waals surface area contributed by atoms with E-state index in [4.69, 9.17) is 21.1 Å². The Morgan fingerprint density at radius 2 is 2.20 bits per heavy atom. The number of benzene rings is 1. The third-order valence-electron chi connectivity index (χ3n) is 3.04. The molecule has 104 valence electrons. The lowest BCUT2D eigenvalue weighted by Gasteiger charge is -2.18. The zero-order valence-corrected chi connectivity index (χ0v) is 11.9. The maximum absolute atomic E-state index is 13.7. The van der Waals surface area contributed by atoms with Crippen molar-refractivity contribution in [1.82, 2.24) is 4.98 Å². The molecule has 20 heavy (non-hydrogen) atoms. The van der Waals surface area contributed by atoms with Crippen molar-refractivity contribution in [3.05, 3.63) is 46.9 Å². The SMILES string of the molecule is CC1(C)Cc2cccc(Oc3ncc(Cl)cc3F)c2O1. The molecule has 1 aromatic heterocycles. The second-order valence-corrected chi connectivity index (χ2v) is 5.76. The standard InChI is InChI=1S/C15H13ClFNO2/c1-15(2)7-9-4-3-5-12(13(9)20-15)19-14-11(17)6-10(16)8-18-14/h3-6,8H,7H2,1-2H3. The van der Waals surface area contributed by atoms with Gasteiger partial charge in [0.1, 0.15) is 5.60 Å². The fourth-order valence-corrected chi connectivity index (χ4v) is 2.39. The molecule has 3 rings (SSSR count). The first-order valence-corrected chi connectivity index (χ1v) is 6.62. The Bertz CT molecular complexity index is 673. The van der Waals surface area contributed by atoms with Crippen LogP contribution in [0.3, 0.4) is 0 Å². The average Bonchev–Trinajstić information content (AvgIpc) is 2.67. The molecule has 2 heterocycles. The van der Waals surface area contributed by atoms with Crippen LogP contribution >= 0.6 is 11.6 Å². The number of rotatable bonds is 2. The number of nitrogens with zero attached hydrogens (tertiary/aromatic N) is 1. The predicted molar refractivity (Wildman–Crippen MR) is 74.1 cm³/mol. The number of aromatic nitrogens is 1. The summed E-state index contributed by atoms with van der Waals surface area (Å²) in [6.07, 6.45) is 2.13. The molecule has 0 aliphatic carbocycles. The van der Waals surface area contributed by atoms with Crippen molar-refractivity contribution in [3.63, 3.8) is 0 Å². The van der Waals surface area contributed by atoms with Crippen LogP contribution in [0.15, 0.2) is 30.5 Å². The summed E-state index contributed by atoms with van der Waals surface area (Å²) in [5, 5.41) is 0.227. The van der Waals surface area contributed by atoms with E-state index in [1.54, 1.807) is 6.07 Å². The third-order valence-corrected chi connectivity index (χ3v) is 3.24. The molecular weight excluding hydrogens is 281 g/mol. The number of para-hydroxylation sites is 1. The van der Waals surface area contributed by atoms with Crippen LogP contribution in [0.25, 0.3) is 0 Å². The molecule has 1 aromatic carbocycles. The fourth-order valence-electron chi connectivity index (χ4n) is 2.25. The maximum atomic E-state index is 13.7. The van der Waals surface area contributed by atoms with Crippen LogP contribution < -0.4 is 9.47 Å². The Morgan fingerprint density at radius 1 is 1.40 bits per heavy atom. The van der Waals surface area contributed by atoms with Crippen LogP contribution in [0.1, 0.15) is 19.4 Å². The molecular formula is C15H13ClFNO2. The smallest absolute Gasteiger partial charge is 0.256 e. The molecule has 0 saturated heterocycles. The zero-order valence-electron chi connectivity index (χ0n) is 11.1. The third kappa shape index (κ3) is 2.43. The summed E-state index contributed by atoms with van der Waals surface area (Å²) in [4.78, 5) is 3.85. The number of halogens is 2. The van der Waals surface area contributed by atoms with E-state index in [2.05, 4.69) is 4.98 Å². The van der Waals surface area contributed by atoms with Gasteiger partial charge in [0.15, 0.2) is 17.3 Å². The molecule has 1 aliphatic rings. The molecule has 2 aromatic rings. The molecule has 0 spiro atoms. The number of hydrogen-bond donors (Lipinski definition) is 0. The van der Waals surface area contributed by atoms with Gasteiger partial charge >= 0.3 is 0 Å². The van der Waals surface area contributed by atoms with Gasteiger partial charge in [0, 0.05) is 18.2 Å². The van der Waals surface area contributed by atoms with Gasteiger partial charge in [0.25, 0.3) is 5.88 Å². The van der Waals surface area contributed by atoms with E-state index in [9.17, 15) is 4.39 Å². The van der Waals surface area contributed by atoms with Crippen LogP contribution in [0.2, 0.25) is 5.02 Å². The molecule has 0 unspecified atom stereocenters. The summed E-state index contributed by atoms with van der Waals surface area (Å²) in [6, 6.07) is 6.73. The minimum absolute atomic E-state index is 0.115. The van der Waals surface area contributed by atoms with E-state index in [0.717, 1.165) is 18.1 Å². The second kappa shape index (κ2) is 4.63. The van der Waals surface area contributed by atoms with E-state index in [1.165, 1.54) is 6.20 Å². The van der Waals surface area contributed by atoms with Crippen LogP contribution in [-0.2, 0) is 6.42 Å². The highest BCUT2D eigenvalue weighted by atomic mass is 35.5. The molecule has 0 radical (unpaired) electrons. The van der Waals surface area contributed by atoms with Crippen molar-refractivity contribution < 1.29 is 13.9 Å². The van der Waals surface area contributed by atoms with Gasteiger partial charge in [-0.1, -0.05) is 23.7 Å². The van der Waals surface area contributed by atoms with E-state index in [1.807, 2.05) is 26.0 Å². The average molecular weight is 294 g/mol. The lowest BCUT2D eigenvalue weighted by atomic mass is 10.0. The van der Waals surface area contributed by atoms with Crippen molar-refractivity contribution in [2.24, 2.45) is 0 Å². The summed E-state index contributed by atoms with van der Waals surface area (Å²) in [7, 11) is 0. The minimum atomic E-state index is -0.604. The van der Waals surface area contributed by atoms with Crippen molar-refractivity contribution >= 4 is 11.6 Å². The first-order valence-electron chi connectivity index (χ1n) is 6.24. The molecule has 0 fully saturated rings. The molecule has 1 aliphatic heterocycles. The molecule has 5 heteroatoms. The summed E-state index contributed by atoms with van der Waals surface area (Å²) in [6.45, 7) is 4.00. The first kappa shape index (κ1) is 13.2. The Morgan fingerprint density at radius 3 is 2.95 bits per heavy atom. The van der Waals surface area contributed by atoms with Gasteiger partial charge in [-0.05, 0) is 26.0 Å². The summed E-state index contributed by atoms with van der Waals surface area (Å²) in [5.74, 6) is 0.388. The van der Waals surface area contributed by atoms with Crippen LogP contribution in [0.4, 0.5) is 4.39 Å². The van der Waals surface area contributed by atoms with Gasteiger partial charge in [0.2, 0.25) is 0 Å². The van der Waals surface area contributed by atoms with E-state index < -0.39 is 5.82 Å². The molecule has 0 atom stereocenters. The summed E-state index contributed by atoms with van der Waals surface area (Å²) < 4.78 is 25.1. The Balaban J connectivity index is 1.95. The Kier molecular flexibility index (Phi) is 3.05. The van der Waals surface area contributed by atoms with E-state index in [0.29, 0.717) is 11.5 Å². The fraction of sp³-hybridized carbons (Fsp3) is 0.267. The topological polar surface area (TPSA) is 31.4 Å². The number of hydrogen-bond acceptors (Lipinski definition) is 3. The number of pyridine rings is 1. The molecule has 0 N–H and O–H groups in total. The molecule has 0 bridgehead atoms. The number of ether oxygens (including phenoxy) is 2. The van der Waals surface area contributed by atoms with Crippen LogP contribution in [0, 0.1) is 5.82 Å². The predicted octanol–water partition coefficient (Wildman–Crippen LogP) is 4.38. The monoisotopic (exact) mass is 293 g/mol. The van der Waals surface area contributed by atoms with Gasteiger partial charge in [-0.15, -0.1) is 0 Å². The second-order valence-electron chi connectivity index (χ2n) is 5.33. The van der Waals surface area contributed by atoms with Gasteiger partial charge in [-0.3, -0.25) is 0 Å². The quantitative estimate of drug-likeness (QED) is 0.823. The van der Waals surface area contributed by atoms with E-state index >= 15 is 0 Å². The lowest BCUT2D eigenvalue weighted by Crippen LogP contribution is -2.24. The molecule has 0 amide bonds. The lowest BCUT2D eigenvalue weighted by molar-refractivity contribution is 0.134. The highest BCUT2D eigenvalue weighted by Gasteiger charge is 2.32. The van der Waals surface area contributed by atoms with Gasteiger partial charge in [0.05, 0.1) is 5.02 Å². The first-order chi connectivity index (χ1) is 9.44. The largest absolute Gasteiger partial charge is 0.483 e. The molecule has 3 nitrogen and oxygen atoms in total. The van der Waals surface area contributed by atoms with Gasteiger partial charge in [-0.25, -0.2) is 9.37 Å². The Hall–Kier alpha value is -1.81. The van der Waals surface area contributed by atoms with Crippen molar-refractivity contribution in [2.45, 2.75) is 25.9 Å². The highest BCUT2D eigenvalue weighted by Crippen LogP contribution is 2.43. The number of fused-ring (bicyclic) bond motifs is 1. The Labute approximate surface area is 121 Å². The van der Waals surface area contributed by atoms with Crippen LogP contribution in [0.5, 0.6) is 17.4 Å². The van der Waals surface area contributed by atoms with Crippen molar-refractivity contribution in [2.75, 3.05) is 0 Å². The van der Waals surface area contributed by atoms with E-state index in [-0.39, 0.29) is 16.5 Å². The minimum Gasteiger partial charge on any atom is -0.483 e. The van der Waals surface area contributed by atoms with Gasteiger partial charge in [-0.2, -0.15) is 0 Å². The highest BCUT2D eigenvalue weighted by molar-refractivity contribution is 6.30. The van der Waals surface area contributed by atoms with Crippen molar-refractivity contribution in [3.8, 4) is 17.4 Å². The summed E-state index contributed by atoms with van der Waals surface area (Å²) in [5.41, 5.74) is 0.759. The summed E-state index contributed by atoms with van der Waals surface area (Å²) >= 11 is 5.67. The van der Waals surface area contributed by atoms with Gasteiger partial charge < -0.3 is 9.47 Å². The zero-order chi connectivity index (χ0) is 14.3. The normalized spacial score (nSPS) is 15.6. The van der Waals surface area contributed by atoms with Crippen LogP contribution in [-0.4, -0.2) is 10.6 Å². The van der Waals surface area contributed by atoms with Crippen molar-refractivity contribution in [1.29, 1.82) is 0 Å². The molecule has 0 saturated carbocycles. The maximum Gasteiger partial charge on any atom is 0.256 e.